The van der Waals surface area contributed by atoms with Crippen molar-refractivity contribution in [3.05, 3.63) is 40.7 Å². The number of nitriles is 1. The Morgan fingerprint density at radius 3 is 2.50 bits per heavy atom. The Hall–Kier alpha value is -1.22. The predicted molar refractivity (Wildman–Crippen MR) is 46.8 cm³/mol. The molecular weight excluding hydrogens is 219 g/mol. The molecule has 2 nitrogen and oxygen atoms in total. The molecule has 0 aliphatic heterocycles. The van der Waals surface area contributed by atoms with Gasteiger partial charge in [-0.05, 0) is 12.0 Å². The third kappa shape index (κ3) is 3.26. The van der Waals surface area contributed by atoms with Crippen LogP contribution in [0.5, 0.6) is 0 Å². The summed E-state index contributed by atoms with van der Waals surface area (Å²) in [6.45, 7) is 8.83. The lowest BCUT2D eigenvalue weighted by atomic mass is 10.1. The number of hydrogen-bond acceptors (Lipinski definition) is 1. The molecule has 0 unspecified atom stereocenters. The van der Waals surface area contributed by atoms with Crippen molar-refractivity contribution in [3.63, 3.8) is 0 Å². The molecule has 1 aromatic rings. The van der Waals surface area contributed by atoms with E-state index in [2.05, 4.69) is 10.9 Å². The van der Waals surface area contributed by atoms with Crippen molar-refractivity contribution in [1.82, 2.24) is 0 Å². The summed E-state index contributed by atoms with van der Waals surface area (Å²) in [6.07, 6.45) is 0.799. The molecule has 14 heavy (non-hydrogen) atoms. The summed E-state index contributed by atoms with van der Waals surface area (Å²) in [5.74, 6) is 0. The number of aryl methyl sites for hydroxylation is 1. The zero-order valence-electron chi connectivity index (χ0n) is 7.59. The van der Waals surface area contributed by atoms with E-state index < -0.39 is 0 Å². The van der Waals surface area contributed by atoms with Gasteiger partial charge in [-0.25, -0.2) is 4.85 Å². The lowest BCUT2D eigenvalue weighted by Crippen LogP contribution is -3.00. The van der Waals surface area contributed by atoms with Gasteiger partial charge in [0, 0.05) is 5.56 Å². The van der Waals surface area contributed by atoms with Crippen molar-refractivity contribution in [3.8, 4) is 6.07 Å². The summed E-state index contributed by atoms with van der Waals surface area (Å²) in [5, 5.41) is 8.59. The average molecular weight is 227 g/mol. The maximum atomic E-state index is 8.59. The van der Waals surface area contributed by atoms with Gasteiger partial charge in [0.05, 0.1) is 12.6 Å². The van der Waals surface area contributed by atoms with Gasteiger partial charge in [0.15, 0.2) is 5.69 Å². The van der Waals surface area contributed by atoms with Crippen molar-refractivity contribution >= 4 is 5.69 Å². The normalized spacial score (nSPS) is 7.36. The van der Waals surface area contributed by atoms with E-state index in [0.717, 1.165) is 12.0 Å². The summed E-state index contributed by atoms with van der Waals surface area (Å²) in [6, 6.07) is 7.19. The van der Waals surface area contributed by atoms with Gasteiger partial charge in [0.1, 0.15) is 0 Å². The van der Waals surface area contributed by atoms with Gasteiger partial charge < -0.3 is 24.8 Å². The third-order valence-corrected chi connectivity index (χ3v) is 1.71. The van der Waals surface area contributed by atoms with Crippen LogP contribution in [-0.2, 0) is 6.42 Å². The van der Waals surface area contributed by atoms with E-state index in [1.54, 1.807) is 18.2 Å². The highest BCUT2D eigenvalue weighted by molar-refractivity contribution is 5.55. The van der Waals surface area contributed by atoms with Crippen molar-refractivity contribution in [2.45, 2.75) is 13.3 Å². The van der Waals surface area contributed by atoms with Crippen LogP contribution < -0.4 is 24.8 Å². The molecule has 0 fully saturated rings. The van der Waals surface area contributed by atoms with E-state index in [9.17, 15) is 0 Å². The van der Waals surface area contributed by atoms with Crippen LogP contribution in [0.15, 0.2) is 18.2 Å². The van der Waals surface area contributed by atoms with Crippen LogP contribution in [0.25, 0.3) is 4.85 Å². The standard InChI is InChI=1S/C10H8N2.2ClH/c1-3-9-6-8(7-11)4-5-10(9)12-2;;/h4-6H,3H2,1H3;2*1H/p-2. The number of nitrogens with zero attached hydrogens (tertiary/aromatic N) is 2. The molecule has 0 aromatic heterocycles. The Labute approximate surface area is 96.2 Å². The van der Waals surface area contributed by atoms with Crippen LogP contribution in [0, 0.1) is 17.9 Å². The van der Waals surface area contributed by atoms with Gasteiger partial charge in [-0.3, -0.25) is 0 Å². The maximum absolute atomic E-state index is 8.59. The molecule has 0 saturated carbocycles. The van der Waals surface area contributed by atoms with Crippen LogP contribution in [0.4, 0.5) is 5.69 Å². The van der Waals surface area contributed by atoms with E-state index in [-0.39, 0.29) is 24.8 Å². The minimum absolute atomic E-state index is 0. The molecule has 0 bridgehead atoms. The first-order chi connectivity index (χ1) is 5.81. The van der Waals surface area contributed by atoms with Crippen LogP contribution in [0.2, 0.25) is 0 Å². The molecule has 0 N–H and O–H groups in total. The highest BCUT2D eigenvalue weighted by Gasteiger charge is 2.00. The first-order valence-corrected chi connectivity index (χ1v) is 3.72. The molecular formula is C10H8Cl2N2-2. The predicted octanol–water partition coefficient (Wildman–Crippen LogP) is -3.32. The highest BCUT2D eigenvalue weighted by Crippen LogP contribution is 2.20. The summed E-state index contributed by atoms with van der Waals surface area (Å²) in [7, 11) is 0. The van der Waals surface area contributed by atoms with E-state index in [4.69, 9.17) is 11.8 Å². The molecule has 1 rings (SSSR count). The lowest BCUT2D eigenvalue weighted by molar-refractivity contribution is -0.001000. The number of rotatable bonds is 1. The molecule has 0 heterocycles. The smallest absolute Gasteiger partial charge is 0.190 e. The minimum atomic E-state index is 0. The number of hydrogen-bond donors (Lipinski definition) is 0. The Balaban J connectivity index is 0. The monoisotopic (exact) mass is 226 g/mol. The summed E-state index contributed by atoms with van der Waals surface area (Å²) < 4.78 is 0. The molecule has 0 atom stereocenters. The second-order valence-electron chi connectivity index (χ2n) is 2.42. The fraction of sp³-hybridized carbons (Fsp3) is 0.200. The van der Waals surface area contributed by atoms with E-state index in [1.807, 2.05) is 6.92 Å². The van der Waals surface area contributed by atoms with Crippen LogP contribution in [0.1, 0.15) is 18.1 Å². The molecule has 1 aromatic carbocycles. The van der Waals surface area contributed by atoms with Gasteiger partial charge in [-0.1, -0.05) is 25.1 Å². The van der Waals surface area contributed by atoms with Crippen molar-refractivity contribution in [2.24, 2.45) is 0 Å². The van der Waals surface area contributed by atoms with Gasteiger partial charge in [0.25, 0.3) is 0 Å². The summed E-state index contributed by atoms with van der Waals surface area (Å²) in [5.41, 5.74) is 2.22. The molecule has 0 amide bonds. The maximum Gasteiger partial charge on any atom is 0.190 e. The highest BCUT2D eigenvalue weighted by atomic mass is 35.5. The fourth-order valence-corrected chi connectivity index (χ4v) is 1.05. The fourth-order valence-electron chi connectivity index (χ4n) is 1.05. The Morgan fingerprint density at radius 2 is 2.07 bits per heavy atom. The van der Waals surface area contributed by atoms with Gasteiger partial charge in [-0.2, -0.15) is 5.26 Å². The molecule has 0 aliphatic rings. The largest absolute Gasteiger partial charge is 1.00 e. The van der Waals surface area contributed by atoms with Crippen LogP contribution >= 0.6 is 0 Å². The molecule has 0 saturated heterocycles. The van der Waals surface area contributed by atoms with Crippen LogP contribution in [0.3, 0.4) is 0 Å². The van der Waals surface area contributed by atoms with Gasteiger partial charge in [-0.15, -0.1) is 0 Å². The molecule has 74 valence electrons. The quantitative estimate of drug-likeness (QED) is 0.461. The van der Waals surface area contributed by atoms with Gasteiger partial charge >= 0.3 is 0 Å². The second-order valence-corrected chi connectivity index (χ2v) is 2.42. The van der Waals surface area contributed by atoms with Crippen molar-refractivity contribution in [1.29, 1.82) is 5.26 Å². The minimum Gasteiger partial charge on any atom is -1.00 e. The first-order valence-electron chi connectivity index (χ1n) is 3.72. The summed E-state index contributed by atoms with van der Waals surface area (Å²) in [4.78, 5) is 3.36. The molecule has 0 spiro atoms. The zero-order chi connectivity index (χ0) is 8.97. The Morgan fingerprint density at radius 1 is 1.43 bits per heavy atom. The topological polar surface area (TPSA) is 28.1 Å². The zero-order valence-corrected chi connectivity index (χ0v) is 9.10. The van der Waals surface area contributed by atoms with Crippen molar-refractivity contribution < 1.29 is 24.8 Å². The van der Waals surface area contributed by atoms with Gasteiger partial charge in [0.2, 0.25) is 0 Å². The number of benzene rings is 1. The van der Waals surface area contributed by atoms with Crippen LogP contribution in [-0.4, -0.2) is 0 Å². The van der Waals surface area contributed by atoms with Crippen molar-refractivity contribution in [2.75, 3.05) is 0 Å². The van der Waals surface area contributed by atoms with E-state index >= 15 is 0 Å². The SMILES string of the molecule is [C-]#[N+]c1ccc(C#N)cc1CC.[Cl-].[Cl-]. The lowest BCUT2D eigenvalue weighted by Gasteiger charge is -1.99. The second kappa shape index (κ2) is 7.21. The Bertz CT molecular complexity index is 375. The third-order valence-electron chi connectivity index (χ3n) is 1.71. The summed E-state index contributed by atoms with van der Waals surface area (Å²) >= 11 is 0. The average Bonchev–Trinajstić information content (AvgIpc) is 2.16. The molecule has 0 radical (unpaired) electrons. The molecule has 0 aliphatic carbocycles. The number of halogens is 2. The Kier molecular flexibility index (Phi) is 7.86. The first kappa shape index (κ1) is 15.3. The van der Waals surface area contributed by atoms with E-state index in [0.29, 0.717) is 11.3 Å². The van der Waals surface area contributed by atoms with E-state index in [1.165, 1.54) is 0 Å². The molecule has 4 heteroatoms.